The summed E-state index contributed by atoms with van der Waals surface area (Å²) in [7, 11) is 0. The molecule has 0 amide bonds. The molecule has 1 heterocycles. The van der Waals surface area contributed by atoms with Crippen molar-refractivity contribution in [2.45, 2.75) is 32.5 Å². The number of Topliss-reactive ketones (excluding diaryl/α,β-unsaturated/α-hetero) is 1. The normalized spacial score (nSPS) is 13.4. The molecule has 3 nitrogen and oxygen atoms in total. The zero-order valence-corrected chi connectivity index (χ0v) is 10.2. The average molecular weight is 260 g/mol. The second-order valence-corrected chi connectivity index (χ2v) is 4.01. The van der Waals surface area contributed by atoms with E-state index in [-0.39, 0.29) is 18.0 Å². The SMILES string of the molecule is CCNC(C)CC(=O)c1cnccc1C(F)(F)F. The summed E-state index contributed by atoms with van der Waals surface area (Å²) in [5.74, 6) is -0.552. The quantitative estimate of drug-likeness (QED) is 0.828. The van der Waals surface area contributed by atoms with Gasteiger partial charge in [-0.05, 0) is 19.5 Å². The van der Waals surface area contributed by atoms with Gasteiger partial charge in [-0.25, -0.2) is 0 Å². The van der Waals surface area contributed by atoms with E-state index >= 15 is 0 Å². The highest BCUT2D eigenvalue weighted by molar-refractivity contribution is 5.97. The molecular formula is C12H15F3N2O. The Morgan fingerprint density at radius 3 is 2.72 bits per heavy atom. The molecule has 0 saturated heterocycles. The first-order valence-corrected chi connectivity index (χ1v) is 5.64. The Balaban J connectivity index is 2.93. The molecule has 0 bridgehead atoms. The van der Waals surface area contributed by atoms with E-state index in [0.717, 1.165) is 18.5 Å². The maximum Gasteiger partial charge on any atom is 0.417 e. The second kappa shape index (κ2) is 5.95. The van der Waals surface area contributed by atoms with Crippen molar-refractivity contribution in [1.82, 2.24) is 10.3 Å². The van der Waals surface area contributed by atoms with Crippen LogP contribution in [0.4, 0.5) is 13.2 Å². The van der Waals surface area contributed by atoms with Crippen LogP contribution in [0.5, 0.6) is 0 Å². The number of carbonyl (C=O) groups excluding carboxylic acids is 1. The number of alkyl halides is 3. The van der Waals surface area contributed by atoms with E-state index in [2.05, 4.69) is 10.3 Å². The minimum absolute atomic E-state index is 0.0165. The molecule has 1 N–H and O–H groups in total. The first kappa shape index (κ1) is 14.6. The second-order valence-electron chi connectivity index (χ2n) is 4.01. The van der Waals surface area contributed by atoms with Crippen molar-refractivity contribution < 1.29 is 18.0 Å². The summed E-state index contributed by atoms with van der Waals surface area (Å²) in [6, 6.07) is 0.661. The van der Waals surface area contributed by atoms with Gasteiger partial charge in [0.1, 0.15) is 0 Å². The van der Waals surface area contributed by atoms with Crippen molar-refractivity contribution in [3.05, 3.63) is 29.6 Å². The van der Waals surface area contributed by atoms with Gasteiger partial charge in [0, 0.05) is 30.4 Å². The molecule has 1 atom stereocenters. The first-order valence-electron chi connectivity index (χ1n) is 5.64. The van der Waals surface area contributed by atoms with Gasteiger partial charge in [0.25, 0.3) is 0 Å². The molecule has 0 saturated carbocycles. The van der Waals surface area contributed by atoms with Crippen LogP contribution in [-0.2, 0) is 6.18 Å². The summed E-state index contributed by atoms with van der Waals surface area (Å²) in [4.78, 5) is 15.4. The van der Waals surface area contributed by atoms with Gasteiger partial charge in [0.15, 0.2) is 5.78 Å². The van der Waals surface area contributed by atoms with Gasteiger partial charge in [-0.1, -0.05) is 6.92 Å². The summed E-state index contributed by atoms with van der Waals surface area (Å²) in [5.41, 5.74) is -1.29. The summed E-state index contributed by atoms with van der Waals surface area (Å²) in [5, 5.41) is 2.98. The highest BCUT2D eigenvalue weighted by Gasteiger charge is 2.35. The van der Waals surface area contributed by atoms with Gasteiger partial charge in [0.05, 0.1) is 5.56 Å². The molecule has 0 radical (unpaired) electrons. The lowest BCUT2D eigenvalue weighted by Gasteiger charge is -2.14. The number of nitrogens with zero attached hydrogens (tertiary/aromatic N) is 1. The van der Waals surface area contributed by atoms with Crippen molar-refractivity contribution in [3.63, 3.8) is 0 Å². The molecule has 1 aromatic heterocycles. The van der Waals surface area contributed by atoms with Crippen molar-refractivity contribution in [2.24, 2.45) is 0 Å². The highest BCUT2D eigenvalue weighted by Crippen LogP contribution is 2.31. The Bertz CT molecular complexity index is 418. The largest absolute Gasteiger partial charge is 0.417 e. The van der Waals surface area contributed by atoms with Crippen molar-refractivity contribution in [2.75, 3.05) is 6.54 Å². The first-order chi connectivity index (χ1) is 8.36. The minimum atomic E-state index is -4.53. The standard InChI is InChI=1S/C12H15F3N2O/c1-3-17-8(2)6-11(18)9-7-16-5-4-10(9)12(13,14)15/h4-5,7-8,17H,3,6H2,1-2H3. The number of carbonyl (C=O) groups is 1. The average Bonchev–Trinajstić information content (AvgIpc) is 2.28. The number of ketones is 1. The summed E-state index contributed by atoms with van der Waals surface area (Å²) >= 11 is 0. The van der Waals surface area contributed by atoms with E-state index in [4.69, 9.17) is 0 Å². The molecule has 1 aromatic rings. The lowest BCUT2D eigenvalue weighted by atomic mass is 10.0. The van der Waals surface area contributed by atoms with Gasteiger partial charge in [-0.2, -0.15) is 13.2 Å². The van der Waals surface area contributed by atoms with Crippen molar-refractivity contribution >= 4 is 5.78 Å². The highest BCUT2D eigenvalue weighted by atomic mass is 19.4. The van der Waals surface area contributed by atoms with Crippen molar-refractivity contribution in [3.8, 4) is 0 Å². The maximum absolute atomic E-state index is 12.7. The third kappa shape index (κ3) is 3.80. The van der Waals surface area contributed by atoms with Gasteiger partial charge < -0.3 is 5.32 Å². The number of aromatic nitrogens is 1. The summed E-state index contributed by atoms with van der Waals surface area (Å²) < 4.78 is 38.1. The fraction of sp³-hybridized carbons (Fsp3) is 0.500. The van der Waals surface area contributed by atoms with Gasteiger partial charge in [0.2, 0.25) is 0 Å². The van der Waals surface area contributed by atoms with Gasteiger partial charge in [-0.3, -0.25) is 9.78 Å². The molecule has 100 valence electrons. The molecule has 0 fully saturated rings. The predicted molar refractivity (Wildman–Crippen MR) is 61.3 cm³/mol. The van der Waals surface area contributed by atoms with E-state index in [9.17, 15) is 18.0 Å². The Morgan fingerprint density at radius 2 is 2.17 bits per heavy atom. The Labute approximate surface area is 103 Å². The van der Waals surface area contributed by atoms with Crippen LogP contribution in [0.15, 0.2) is 18.5 Å². The van der Waals surface area contributed by atoms with Crippen LogP contribution in [0.3, 0.4) is 0 Å². The predicted octanol–water partition coefficient (Wildman–Crippen LogP) is 2.67. The number of nitrogens with one attached hydrogen (secondary N) is 1. The van der Waals surface area contributed by atoms with Crippen LogP contribution in [0.1, 0.15) is 36.2 Å². The fourth-order valence-electron chi connectivity index (χ4n) is 1.67. The maximum atomic E-state index is 12.7. The van der Waals surface area contributed by atoms with Gasteiger partial charge >= 0.3 is 6.18 Å². The minimum Gasteiger partial charge on any atom is -0.314 e. The molecule has 0 aliphatic carbocycles. The van der Waals surface area contributed by atoms with Crippen LogP contribution in [0.25, 0.3) is 0 Å². The van der Waals surface area contributed by atoms with Crippen LogP contribution in [-0.4, -0.2) is 23.4 Å². The molecule has 18 heavy (non-hydrogen) atoms. The van der Waals surface area contributed by atoms with Crippen LogP contribution >= 0.6 is 0 Å². The van der Waals surface area contributed by atoms with Crippen LogP contribution < -0.4 is 5.32 Å². The zero-order valence-electron chi connectivity index (χ0n) is 10.2. The monoisotopic (exact) mass is 260 g/mol. The van der Waals surface area contributed by atoms with E-state index in [0.29, 0.717) is 6.54 Å². The molecular weight excluding hydrogens is 245 g/mol. The smallest absolute Gasteiger partial charge is 0.314 e. The summed E-state index contributed by atoms with van der Waals surface area (Å²) in [6.07, 6.45) is -2.50. The lowest BCUT2D eigenvalue weighted by molar-refractivity contribution is -0.138. The Hall–Kier alpha value is -1.43. The van der Waals surface area contributed by atoms with Crippen LogP contribution in [0, 0.1) is 0 Å². The van der Waals surface area contributed by atoms with E-state index in [1.165, 1.54) is 0 Å². The number of hydrogen-bond donors (Lipinski definition) is 1. The van der Waals surface area contributed by atoms with E-state index in [1.54, 1.807) is 6.92 Å². The fourth-order valence-corrected chi connectivity index (χ4v) is 1.67. The van der Waals surface area contributed by atoms with Crippen molar-refractivity contribution in [1.29, 1.82) is 0 Å². The molecule has 0 spiro atoms. The summed E-state index contributed by atoms with van der Waals surface area (Å²) in [6.45, 7) is 4.28. The third-order valence-corrected chi connectivity index (χ3v) is 2.47. The third-order valence-electron chi connectivity index (χ3n) is 2.47. The van der Waals surface area contributed by atoms with E-state index < -0.39 is 17.5 Å². The molecule has 0 aliphatic rings. The number of pyridine rings is 1. The lowest BCUT2D eigenvalue weighted by Crippen LogP contribution is -2.28. The Morgan fingerprint density at radius 1 is 1.50 bits per heavy atom. The molecule has 0 aromatic carbocycles. The number of halogens is 3. The molecule has 0 aliphatic heterocycles. The zero-order chi connectivity index (χ0) is 13.8. The number of hydrogen-bond acceptors (Lipinski definition) is 3. The molecule has 6 heteroatoms. The topological polar surface area (TPSA) is 42.0 Å². The van der Waals surface area contributed by atoms with E-state index in [1.807, 2.05) is 6.92 Å². The Kier molecular flexibility index (Phi) is 4.84. The van der Waals surface area contributed by atoms with Crippen LogP contribution in [0.2, 0.25) is 0 Å². The molecule has 1 rings (SSSR count). The van der Waals surface area contributed by atoms with Gasteiger partial charge in [-0.15, -0.1) is 0 Å². The number of rotatable bonds is 5. The molecule has 1 unspecified atom stereocenters.